The van der Waals surface area contributed by atoms with Crippen LogP contribution in [0.5, 0.6) is 0 Å². The lowest BCUT2D eigenvalue weighted by atomic mass is 10.5. The van der Waals surface area contributed by atoms with Crippen molar-refractivity contribution in [2.24, 2.45) is 5.84 Å². The minimum absolute atomic E-state index is 0.155. The van der Waals surface area contributed by atoms with Gasteiger partial charge < -0.3 is 11.5 Å². The Labute approximate surface area is 118 Å². The van der Waals surface area contributed by atoms with E-state index < -0.39 is 5.91 Å². The molecule has 2 aromatic heterocycles. The highest BCUT2D eigenvalue weighted by Crippen LogP contribution is 2.16. The molecule has 0 unspecified atom stereocenters. The van der Waals surface area contributed by atoms with E-state index >= 15 is 0 Å². The third-order valence-corrected chi connectivity index (χ3v) is 3.03. The lowest BCUT2D eigenvalue weighted by Crippen LogP contribution is -2.30. The number of nitrogens with one attached hydrogen (secondary N) is 1. The Balaban J connectivity index is 1.89. The van der Waals surface area contributed by atoms with Crippen molar-refractivity contribution in [2.75, 3.05) is 17.2 Å². The quantitative estimate of drug-likeness (QED) is 0.171. The largest absolute Gasteiger partial charge is 0.383 e. The summed E-state index contributed by atoms with van der Waals surface area (Å²) in [6, 6.07) is 1.49. The maximum atomic E-state index is 11.2. The summed E-state index contributed by atoms with van der Waals surface area (Å²) in [6.45, 7) is 0.521. The summed E-state index contributed by atoms with van der Waals surface area (Å²) >= 11 is 1.37. The normalized spacial score (nSPS) is 10.4. The minimum Gasteiger partial charge on any atom is -0.383 e. The van der Waals surface area contributed by atoms with Gasteiger partial charge in [-0.3, -0.25) is 14.9 Å². The summed E-state index contributed by atoms with van der Waals surface area (Å²) in [6.07, 6.45) is 1.50. The summed E-state index contributed by atoms with van der Waals surface area (Å²) in [4.78, 5) is 19.3. The van der Waals surface area contributed by atoms with Gasteiger partial charge in [-0.15, -0.1) is 5.10 Å². The average Bonchev–Trinajstić information content (AvgIpc) is 2.85. The molecule has 2 rings (SSSR count). The number of nitrogen functional groups attached to an aromatic ring is 3. The predicted molar refractivity (Wildman–Crippen MR) is 73.3 cm³/mol. The second-order valence-electron chi connectivity index (χ2n) is 3.69. The molecule has 7 N–H and O–H groups in total. The first-order chi connectivity index (χ1) is 9.58. The van der Waals surface area contributed by atoms with Gasteiger partial charge in [0.05, 0.1) is 12.7 Å². The molecule has 2 heterocycles. The molecular weight excluding hydrogens is 282 g/mol. The molecule has 0 saturated carbocycles. The molecule has 0 bridgehead atoms. The molecule has 0 aromatic carbocycles. The number of nitrogens with two attached hydrogens (primary N) is 3. The summed E-state index contributed by atoms with van der Waals surface area (Å²) < 4.78 is 1.52. The molecule has 0 aliphatic rings. The molecule has 0 aliphatic heterocycles. The number of carbonyl (C=O) groups is 1. The number of anilines is 2. The van der Waals surface area contributed by atoms with Crippen molar-refractivity contribution in [3.8, 4) is 0 Å². The van der Waals surface area contributed by atoms with Crippen LogP contribution in [0.3, 0.4) is 0 Å². The summed E-state index contributed by atoms with van der Waals surface area (Å²) in [7, 11) is 0. The van der Waals surface area contributed by atoms with E-state index in [-0.39, 0.29) is 5.69 Å². The Morgan fingerprint density at radius 3 is 2.70 bits per heavy atom. The molecule has 106 valence electrons. The third kappa shape index (κ3) is 3.55. The summed E-state index contributed by atoms with van der Waals surface area (Å²) in [5, 5.41) is 7.97. The lowest BCUT2D eigenvalue weighted by Gasteiger charge is -2.02. The average molecular weight is 295 g/mol. The van der Waals surface area contributed by atoms with Crippen LogP contribution in [-0.4, -0.2) is 36.6 Å². The zero-order chi connectivity index (χ0) is 14.5. The highest BCUT2D eigenvalue weighted by Gasteiger charge is 2.09. The number of aryl methyl sites for hydroxylation is 1. The SMILES string of the molecule is NNC(=O)c1cn(CCSc2nc(N)cc(N)n2)nn1. The van der Waals surface area contributed by atoms with Gasteiger partial charge in [0.1, 0.15) is 11.6 Å². The van der Waals surface area contributed by atoms with Crippen LogP contribution in [0.1, 0.15) is 10.5 Å². The van der Waals surface area contributed by atoms with Gasteiger partial charge in [-0.2, -0.15) is 0 Å². The first kappa shape index (κ1) is 14.0. The number of hydrogen-bond donors (Lipinski definition) is 4. The van der Waals surface area contributed by atoms with Crippen LogP contribution in [0, 0.1) is 0 Å². The van der Waals surface area contributed by atoms with Gasteiger partial charge in [-0.25, -0.2) is 15.8 Å². The standard InChI is InChI=1S/C9H13N9OS/c10-6-3-7(11)14-9(13-6)20-2-1-18-4-5(16-17-18)8(19)15-12/h3-4H,1-2,12H2,(H,15,19)(H4,10,11,13,14). The molecular formula is C9H13N9OS. The zero-order valence-electron chi connectivity index (χ0n) is 10.4. The fourth-order valence-corrected chi connectivity index (χ4v) is 2.14. The number of amides is 1. The van der Waals surface area contributed by atoms with Crippen molar-refractivity contribution < 1.29 is 4.79 Å². The predicted octanol–water partition coefficient (Wildman–Crippen LogP) is -1.37. The number of thioether (sulfide) groups is 1. The van der Waals surface area contributed by atoms with E-state index in [0.717, 1.165) is 0 Å². The maximum absolute atomic E-state index is 11.2. The number of aromatic nitrogens is 5. The van der Waals surface area contributed by atoms with E-state index in [1.54, 1.807) is 0 Å². The van der Waals surface area contributed by atoms with Gasteiger partial charge in [-0.05, 0) is 0 Å². The Hall–Kier alpha value is -2.40. The molecule has 1 amide bonds. The first-order valence-electron chi connectivity index (χ1n) is 5.52. The van der Waals surface area contributed by atoms with Gasteiger partial charge >= 0.3 is 0 Å². The molecule has 0 saturated heterocycles. The Kier molecular flexibility index (Phi) is 4.32. The van der Waals surface area contributed by atoms with E-state index in [9.17, 15) is 4.79 Å². The number of rotatable bonds is 5. The van der Waals surface area contributed by atoms with E-state index in [0.29, 0.717) is 29.1 Å². The van der Waals surface area contributed by atoms with Crippen LogP contribution < -0.4 is 22.7 Å². The molecule has 10 nitrogen and oxygen atoms in total. The van der Waals surface area contributed by atoms with Crippen molar-refractivity contribution in [2.45, 2.75) is 11.7 Å². The molecule has 20 heavy (non-hydrogen) atoms. The van der Waals surface area contributed by atoms with Crippen LogP contribution in [-0.2, 0) is 6.54 Å². The molecule has 0 atom stereocenters. The maximum Gasteiger partial charge on any atom is 0.287 e. The fraction of sp³-hybridized carbons (Fsp3) is 0.222. The zero-order valence-corrected chi connectivity index (χ0v) is 11.2. The highest BCUT2D eigenvalue weighted by molar-refractivity contribution is 7.99. The lowest BCUT2D eigenvalue weighted by molar-refractivity contribution is 0.0948. The van der Waals surface area contributed by atoms with Crippen molar-refractivity contribution in [1.29, 1.82) is 0 Å². The van der Waals surface area contributed by atoms with Crippen molar-refractivity contribution in [1.82, 2.24) is 30.4 Å². The van der Waals surface area contributed by atoms with E-state index in [4.69, 9.17) is 17.3 Å². The number of carbonyl (C=O) groups excluding carboxylic acids is 1. The fourth-order valence-electron chi connectivity index (χ4n) is 1.34. The Bertz CT molecular complexity index is 593. The van der Waals surface area contributed by atoms with E-state index in [1.807, 2.05) is 5.43 Å². The molecule has 0 radical (unpaired) electrons. The topological polar surface area (TPSA) is 164 Å². The van der Waals surface area contributed by atoms with Crippen LogP contribution in [0.15, 0.2) is 17.4 Å². The van der Waals surface area contributed by atoms with Gasteiger partial charge in [0, 0.05) is 11.8 Å². The Morgan fingerprint density at radius 2 is 2.05 bits per heavy atom. The highest BCUT2D eigenvalue weighted by atomic mass is 32.2. The molecule has 11 heteroatoms. The van der Waals surface area contributed by atoms with E-state index in [2.05, 4.69) is 20.3 Å². The van der Waals surface area contributed by atoms with Gasteiger partial charge in [0.2, 0.25) is 0 Å². The number of hydrazine groups is 1. The van der Waals surface area contributed by atoms with Gasteiger partial charge in [0.15, 0.2) is 10.9 Å². The number of hydrogen-bond acceptors (Lipinski definition) is 9. The first-order valence-corrected chi connectivity index (χ1v) is 6.51. The summed E-state index contributed by atoms with van der Waals surface area (Å²) in [5.74, 6) is 5.77. The molecule has 2 aromatic rings. The number of nitrogens with zero attached hydrogens (tertiary/aromatic N) is 5. The van der Waals surface area contributed by atoms with Crippen LogP contribution in [0.4, 0.5) is 11.6 Å². The van der Waals surface area contributed by atoms with Crippen molar-refractivity contribution in [3.05, 3.63) is 18.0 Å². The van der Waals surface area contributed by atoms with E-state index in [1.165, 1.54) is 28.7 Å². The monoisotopic (exact) mass is 295 g/mol. The molecule has 0 fully saturated rings. The minimum atomic E-state index is -0.490. The Morgan fingerprint density at radius 1 is 1.35 bits per heavy atom. The van der Waals surface area contributed by atoms with Crippen molar-refractivity contribution in [3.63, 3.8) is 0 Å². The second kappa shape index (κ2) is 6.16. The summed E-state index contributed by atoms with van der Waals surface area (Å²) in [5.41, 5.74) is 13.3. The molecule has 0 spiro atoms. The van der Waals surface area contributed by atoms with Crippen LogP contribution in [0.2, 0.25) is 0 Å². The van der Waals surface area contributed by atoms with Gasteiger partial charge in [0.25, 0.3) is 5.91 Å². The smallest absolute Gasteiger partial charge is 0.287 e. The third-order valence-electron chi connectivity index (χ3n) is 2.20. The van der Waals surface area contributed by atoms with Crippen LogP contribution in [0.25, 0.3) is 0 Å². The second-order valence-corrected chi connectivity index (χ2v) is 4.75. The van der Waals surface area contributed by atoms with Gasteiger partial charge in [-0.1, -0.05) is 17.0 Å². The molecule has 0 aliphatic carbocycles. The van der Waals surface area contributed by atoms with Crippen molar-refractivity contribution >= 4 is 29.3 Å². The van der Waals surface area contributed by atoms with Crippen LogP contribution >= 0.6 is 11.8 Å².